The van der Waals surface area contributed by atoms with Crippen molar-refractivity contribution < 1.29 is 0 Å². The van der Waals surface area contributed by atoms with E-state index in [1.54, 1.807) is 0 Å². The van der Waals surface area contributed by atoms with Crippen molar-refractivity contribution in [2.45, 2.75) is 44.4 Å². The quantitative estimate of drug-likeness (QED) is 0.696. The molecule has 2 rings (SSSR count). The van der Waals surface area contributed by atoms with Crippen LogP contribution in [0.15, 0.2) is 18.2 Å². The van der Waals surface area contributed by atoms with E-state index in [0.29, 0.717) is 0 Å². The molecule has 0 heterocycles. The van der Waals surface area contributed by atoms with Gasteiger partial charge in [-0.25, -0.2) is 0 Å². The molecule has 0 N–H and O–H groups in total. The predicted molar refractivity (Wildman–Crippen MR) is 69.7 cm³/mol. The van der Waals surface area contributed by atoms with Crippen molar-refractivity contribution in [3.05, 3.63) is 34.9 Å². The molecular weight excluding hydrogens is 248 g/mol. The zero-order valence-electron chi connectivity index (χ0n) is 9.59. The number of rotatable bonds is 2. The van der Waals surface area contributed by atoms with E-state index in [1.165, 1.54) is 42.4 Å². The summed E-state index contributed by atoms with van der Waals surface area (Å²) >= 11 is 3.72. The van der Waals surface area contributed by atoms with Crippen molar-refractivity contribution in [2.24, 2.45) is 5.92 Å². The third kappa shape index (κ3) is 2.84. The van der Waals surface area contributed by atoms with Gasteiger partial charge < -0.3 is 0 Å². The maximum absolute atomic E-state index is 3.72. The second-order valence-electron chi connectivity index (χ2n) is 4.90. The Hall–Kier alpha value is -0.300. The van der Waals surface area contributed by atoms with Crippen LogP contribution in [0.25, 0.3) is 0 Å². The minimum absolute atomic E-state index is 0.772. The Morgan fingerprint density at radius 1 is 1.20 bits per heavy atom. The summed E-state index contributed by atoms with van der Waals surface area (Å²) in [5.74, 6) is 0.900. The van der Waals surface area contributed by atoms with E-state index in [4.69, 9.17) is 0 Å². The summed E-state index contributed by atoms with van der Waals surface area (Å²) in [7, 11) is 0. The Kier molecular flexibility index (Phi) is 3.50. The molecular formula is C14H19Br. The van der Waals surface area contributed by atoms with Gasteiger partial charge in [-0.1, -0.05) is 34.1 Å². The highest BCUT2D eigenvalue weighted by Gasteiger charge is 2.22. The molecule has 0 amide bonds. The van der Waals surface area contributed by atoms with Gasteiger partial charge in [0.1, 0.15) is 0 Å². The van der Waals surface area contributed by atoms with E-state index in [9.17, 15) is 0 Å². The predicted octanol–water partition coefficient (Wildman–Crippen LogP) is 4.41. The average Bonchev–Trinajstić information content (AvgIpc) is 2.58. The van der Waals surface area contributed by atoms with Gasteiger partial charge in [0.2, 0.25) is 0 Å². The van der Waals surface area contributed by atoms with Crippen molar-refractivity contribution in [1.82, 2.24) is 0 Å². The fraction of sp³-hybridized carbons (Fsp3) is 0.571. The van der Waals surface area contributed by atoms with Crippen LogP contribution in [0.3, 0.4) is 0 Å². The summed E-state index contributed by atoms with van der Waals surface area (Å²) in [4.78, 5) is 0.772. The first-order chi connectivity index (χ1) is 7.15. The molecule has 1 aromatic rings. The van der Waals surface area contributed by atoms with Gasteiger partial charge in [0, 0.05) is 4.83 Å². The van der Waals surface area contributed by atoms with E-state index in [-0.39, 0.29) is 0 Å². The van der Waals surface area contributed by atoms with Crippen LogP contribution in [-0.2, 0) is 6.42 Å². The highest BCUT2D eigenvalue weighted by atomic mass is 79.9. The highest BCUT2D eigenvalue weighted by molar-refractivity contribution is 9.09. The van der Waals surface area contributed by atoms with Crippen LogP contribution in [0.4, 0.5) is 0 Å². The molecule has 0 spiro atoms. The fourth-order valence-electron chi connectivity index (χ4n) is 2.46. The van der Waals surface area contributed by atoms with Crippen molar-refractivity contribution >= 4 is 15.9 Å². The number of benzene rings is 1. The molecule has 0 aliphatic heterocycles. The first-order valence-corrected chi connectivity index (χ1v) is 6.77. The lowest BCUT2D eigenvalue weighted by molar-refractivity contribution is 0.548. The van der Waals surface area contributed by atoms with E-state index >= 15 is 0 Å². The van der Waals surface area contributed by atoms with Gasteiger partial charge >= 0.3 is 0 Å². The number of hydrogen-bond donors (Lipinski definition) is 0. The van der Waals surface area contributed by atoms with E-state index in [0.717, 1.165) is 10.7 Å². The number of halogens is 1. The minimum Gasteiger partial charge on any atom is -0.0891 e. The van der Waals surface area contributed by atoms with Gasteiger partial charge in [0.15, 0.2) is 0 Å². The summed E-state index contributed by atoms with van der Waals surface area (Å²) in [6.45, 7) is 4.39. The largest absolute Gasteiger partial charge is 0.0891 e. The van der Waals surface area contributed by atoms with Gasteiger partial charge in [-0.05, 0) is 62.1 Å². The zero-order chi connectivity index (χ0) is 10.8. The smallest absolute Gasteiger partial charge is 0.0148 e. The maximum Gasteiger partial charge on any atom is 0.0148 e. The van der Waals surface area contributed by atoms with E-state index in [1.807, 2.05) is 0 Å². The Bertz CT molecular complexity index is 343. The first kappa shape index (κ1) is 11.2. The Morgan fingerprint density at radius 2 is 2.00 bits per heavy atom. The molecule has 1 heteroatoms. The average molecular weight is 267 g/mol. The monoisotopic (exact) mass is 266 g/mol. The maximum atomic E-state index is 3.72. The van der Waals surface area contributed by atoms with Gasteiger partial charge in [-0.2, -0.15) is 0 Å². The summed E-state index contributed by atoms with van der Waals surface area (Å²) in [6.07, 6.45) is 5.37. The lowest BCUT2D eigenvalue weighted by Gasteiger charge is -2.10. The molecule has 2 unspecified atom stereocenters. The van der Waals surface area contributed by atoms with Crippen molar-refractivity contribution in [3.8, 4) is 0 Å². The molecule has 1 aromatic carbocycles. The molecule has 82 valence electrons. The zero-order valence-corrected chi connectivity index (χ0v) is 11.2. The van der Waals surface area contributed by atoms with Crippen LogP contribution >= 0.6 is 15.9 Å². The van der Waals surface area contributed by atoms with E-state index in [2.05, 4.69) is 48.0 Å². The summed E-state index contributed by atoms with van der Waals surface area (Å²) < 4.78 is 0. The van der Waals surface area contributed by atoms with Crippen LogP contribution in [0, 0.1) is 19.8 Å². The van der Waals surface area contributed by atoms with Crippen LogP contribution in [0.5, 0.6) is 0 Å². The molecule has 1 aliphatic carbocycles. The molecule has 0 saturated heterocycles. The molecule has 2 atom stereocenters. The summed E-state index contributed by atoms with van der Waals surface area (Å²) in [5, 5.41) is 0. The van der Waals surface area contributed by atoms with Gasteiger partial charge in [0.25, 0.3) is 0 Å². The Morgan fingerprint density at radius 3 is 2.60 bits per heavy atom. The van der Waals surface area contributed by atoms with Crippen molar-refractivity contribution in [1.29, 1.82) is 0 Å². The number of aryl methyl sites for hydroxylation is 2. The number of hydrogen-bond acceptors (Lipinski definition) is 0. The van der Waals surface area contributed by atoms with Crippen LogP contribution in [-0.4, -0.2) is 4.83 Å². The second kappa shape index (κ2) is 4.69. The number of alkyl halides is 1. The molecule has 0 radical (unpaired) electrons. The first-order valence-electron chi connectivity index (χ1n) is 5.85. The van der Waals surface area contributed by atoms with Crippen LogP contribution in [0.2, 0.25) is 0 Å². The van der Waals surface area contributed by atoms with Gasteiger partial charge in [-0.15, -0.1) is 0 Å². The molecule has 1 aliphatic rings. The van der Waals surface area contributed by atoms with Gasteiger partial charge in [0.05, 0.1) is 0 Å². The Labute approximate surface area is 101 Å². The lowest BCUT2D eigenvalue weighted by atomic mass is 9.96. The highest BCUT2D eigenvalue weighted by Crippen LogP contribution is 2.33. The SMILES string of the molecule is Cc1ccc(CC2CCC(Br)C2)cc1C. The molecule has 15 heavy (non-hydrogen) atoms. The van der Waals surface area contributed by atoms with Crippen molar-refractivity contribution in [2.75, 3.05) is 0 Å². The van der Waals surface area contributed by atoms with Crippen molar-refractivity contribution in [3.63, 3.8) is 0 Å². The standard InChI is InChI=1S/C14H19Br/c1-10-3-4-12(7-11(10)2)8-13-5-6-14(15)9-13/h3-4,7,13-14H,5-6,8-9H2,1-2H3. The summed E-state index contributed by atoms with van der Waals surface area (Å²) in [5.41, 5.74) is 4.36. The second-order valence-corrected chi connectivity index (χ2v) is 6.19. The molecule has 1 fully saturated rings. The van der Waals surface area contributed by atoms with Gasteiger partial charge in [-0.3, -0.25) is 0 Å². The fourth-order valence-corrected chi connectivity index (χ4v) is 3.26. The third-order valence-electron chi connectivity index (χ3n) is 3.57. The molecule has 0 nitrogen and oxygen atoms in total. The molecule has 0 aromatic heterocycles. The van der Waals surface area contributed by atoms with E-state index < -0.39 is 0 Å². The van der Waals surface area contributed by atoms with Crippen LogP contribution in [0.1, 0.15) is 36.0 Å². The Balaban J connectivity index is 2.02. The molecule has 1 saturated carbocycles. The molecule has 0 bridgehead atoms. The normalized spacial score (nSPS) is 25.8. The third-order valence-corrected chi connectivity index (χ3v) is 4.40. The minimum atomic E-state index is 0.772. The topological polar surface area (TPSA) is 0 Å². The van der Waals surface area contributed by atoms with Crippen LogP contribution < -0.4 is 0 Å². The lowest BCUT2D eigenvalue weighted by Crippen LogP contribution is -2.00. The summed E-state index contributed by atoms with van der Waals surface area (Å²) in [6, 6.07) is 6.91.